The van der Waals surface area contributed by atoms with Crippen LogP contribution in [0, 0.1) is 0 Å². The Labute approximate surface area is 172 Å². The zero-order valence-corrected chi connectivity index (χ0v) is 16.9. The molecule has 6 nitrogen and oxygen atoms in total. The second-order valence-electron chi connectivity index (χ2n) is 5.91. The summed E-state index contributed by atoms with van der Waals surface area (Å²) < 4.78 is 11.4. The molecule has 0 aromatic heterocycles. The number of halogens is 1. The summed E-state index contributed by atoms with van der Waals surface area (Å²) in [6, 6.07) is 16.2. The van der Waals surface area contributed by atoms with Crippen molar-refractivity contribution in [2.45, 2.75) is 19.3 Å². The number of benzene rings is 2. The van der Waals surface area contributed by atoms with Gasteiger partial charge >= 0.3 is 5.97 Å². The van der Waals surface area contributed by atoms with E-state index in [9.17, 15) is 14.4 Å². The third-order valence-electron chi connectivity index (χ3n) is 3.75. The standard InChI is InChI=1S/C21H22BrNO5/c22-17-6-8-18(9-7-17)27-14-15-28-21(26)12-13-23-20(25)11-10-19(24)16-4-2-1-3-5-16/h1-9H,10-15H2,(H,23,25). The van der Waals surface area contributed by atoms with E-state index in [1.807, 2.05) is 30.3 Å². The molecule has 1 N–H and O–H groups in total. The Morgan fingerprint density at radius 1 is 0.857 bits per heavy atom. The van der Waals surface area contributed by atoms with Crippen LogP contribution in [0.1, 0.15) is 29.6 Å². The minimum atomic E-state index is -0.417. The zero-order chi connectivity index (χ0) is 20.2. The lowest BCUT2D eigenvalue weighted by molar-refractivity contribution is -0.144. The first-order valence-electron chi connectivity index (χ1n) is 8.93. The minimum Gasteiger partial charge on any atom is -0.490 e. The summed E-state index contributed by atoms with van der Waals surface area (Å²) in [6.07, 6.45) is 0.286. The number of ether oxygens (including phenoxy) is 2. The van der Waals surface area contributed by atoms with Crippen LogP contribution >= 0.6 is 15.9 Å². The molecule has 7 heteroatoms. The Balaban J connectivity index is 1.52. The average Bonchev–Trinajstić information content (AvgIpc) is 2.71. The SMILES string of the molecule is O=C(CCC(=O)c1ccccc1)NCCC(=O)OCCOc1ccc(Br)cc1. The highest BCUT2D eigenvalue weighted by atomic mass is 79.9. The van der Waals surface area contributed by atoms with Gasteiger partial charge in [0, 0.05) is 29.4 Å². The van der Waals surface area contributed by atoms with E-state index in [1.54, 1.807) is 24.3 Å². The molecule has 0 bridgehead atoms. The van der Waals surface area contributed by atoms with Crippen LogP contribution in [0.25, 0.3) is 0 Å². The molecular weight excluding hydrogens is 426 g/mol. The molecule has 0 radical (unpaired) electrons. The lowest BCUT2D eigenvalue weighted by atomic mass is 10.1. The van der Waals surface area contributed by atoms with Crippen LogP contribution in [0.3, 0.4) is 0 Å². The maximum absolute atomic E-state index is 11.9. The molecule has 0 unspecified atom stereocenters. The molecule has 2 aromatic carbocycles. The summed E-state index contributed by atoms with van der Waals surface area (Å²) in [7, 11) is 0. The fraction of sp³-hybridized carbons (Fsp3) is 0.286. The lowest BCUT2D eigenvalue weighted by Gasteiger charge is -2.08. The third kappa shape index (κ3) is 8.35. The van der Waals surface area contributed by atoms with Gasteiger partial charge < -0.3 is 14.8 Å². The fourth-order valence-corrected chi connectivity index (χ4v) is 2.57. The largest absolute Gasteiger partial charge is 0.490 e. The van der Waals surface area contributed by atoms with Gasteiger partial charge in [-0.05, 0) is 24.3 Å². The summed E-state index contributed by atoms with van der Waals surface area (Å²) in [5.41, 5.74) is 0.587. The maximum Gasteiger partial charge on any atom is 0.307 e. The topological polar surface area (TPSA) is 81.7 Å². The number of rotatable bonds is 11. The first-order valence-corrected chi connectivity index (χ1v) is 9.73. The smallest absolute Gasteiger partial charge is 0.307 e. The Kier molecular flexibility index (Phi) is 9.21. The molecule has 2 rings (SSSR count). The van der Waals surface area contributed by atoms with Crippen LogP contribution in [-0.2, 0) is 14.3 Å². The van der Waals surface area contributed by atoms with E-state index < -0.39 is 5.97 Å². The molecule has 148 valence electrons. The molecule has 0 saturated heterocycles. The van der Waals surface area contributed by atoms with E-state index >= 15 is 0 Å². The molecule has 0 spiro atoms. The second kappa shape index (κ2) is 11.9. The number of hydrogen-bond acceptors (Lipinski definition) is 5. The van der Waals surface area contributed by atoms with Gasteiger partial charge in [-0.2, -0.15) is 0 Å². The lowest BCUT2D eigenvalue weighted by Crippen LogP contribution is -2.27. The second-order valence-corrected chi connectivity index (χ2v) is 6.83. The van der Waals surface area contributed by atoms with Crippen molar-refractivity contribution in [3.05, 3.63) is 64.6 Å². The molecule has 0 aliphatic rings. The number of carbonyl (C=O) groups is 3. The monoisotopic (exact) mass is 447 g/mol. The molecule has 0 atom stereocenters. The van der Waals surface area contributed by atoms with Crippen molar-refractivity contribution < 1.29 is 23.9 Å². The van der Waals surface area contributed by atoms with Crippen molar-refractivity contribution in [2.24, 2.45) is 0 Å². The molecule has 0 heterocycles. The van der Waals surface area contributed by atoms with E-state index in [0.29, 0.717) is 11.3 Å². The van der Waals surface area contributed by atoms with Crippen molar-refractivity contribution in [2.75, 3.05) is 19.8 Å². The van der Waals surface area contributed by atoms with Crippen LogP contribution in [0.5, 0.6) is 5.75 Å². The first kappa shape index (κ1) is 21.6. The molecular formula is C21H22BrNO5. The molecule has 2 aromatic rings. The third-order valence-corrected chi connectivity index (χ3v) is 4.28. The van der Waals surface area contributed by atoms with E-state index in [-0.39, 0.29) is 50.7 Å². The normalized spacial score (nSPS) is 10.2. The van der Waals surface area contributed by atoms with Crippen molar-refractivity contribution in [3.8, 4) is 5.75 Å². The quantitative estimate of drug-likeness (QED) is 0.323. The maximum atomic E-state index is 11.9. The Bertz CT molecular complexity index is 777. The predicted molar refractivity (Wildman–Crippen MR) is 108 cm³/mol. The number of ketones is 1. The van der Waals surface area contributed by atoms with Gasteiger partial charge in [-0.3, -0.25) is 14.4 Å². The highest BCUT2D eigenvalue weighted by Gasteiger charge is 2.10. The van der Waals surface area contributed by atoms with Gasteiger partial charge in [-0.1, -0.05) is 46.3 Å². The summed E-state index contributed by atoms with van der Waals surface area (Å²) in [5.74, 6) is -0.0757. The predicted octanol–water partition coefficient (Wildman–Crippen LogP) is 3.54. The highest BCUT2D eigenvalue weighted by Crippen LogP contribution is 2.15. The number of Topliss-reactive ketones (excluding diaryl/α,β-unsaturated/α-hetero) is 1. The highest BCUT2D eigenvalue weighted by molar-refractivity contribution is 9.10. The van der Waals surface area contributed by atoms with E-state index in [4.69, 9.17) is 9.47 Å². The Morgan fingerprint density at radius 3 is 2.29 bits per heavy atom. The van der Waals surface area contributed by atoms with Gasteiger partial charge in [0.25, 0.3) is 0 Å². The summed E-state index contributed by atoms with van der Waals surface area (Å²) in [4.78, 5) is 35.3. The fourth-order valence-electron chi connectivity index (χ4n) is 2.31. The number of hydrogen-bond donors (Lipinski definition) is 1. The van der Waals surface area contributed by atoms with Crippen molar-refractivity contribution >= 4 is 33.6 Å². The summed E-state index contributed by atoms with van der Waals surface area (Å²) in [5, 5.41) is 2.61. The number of nitrogens with one attached hydrogen (secondary N) is 1. The summed E-state index contributed by atoms with van der Waals surface area (Å²) >= 11 is 3.34. The van der Waals surface area contributed by atoms with Crippen LogP contribution in [-0.4, -0.2) is 37.4 Å². The average molecular weight is 448 g/mol. The van der Waals surface area contributed by atoms with Gasteiger partial charge in [0.05, 0.1) is 6.42 Å². The summed E-state index contributed by atoms with van der Waals surface area (Å²) in [6.45, 7) is 0.556. The number of carbonyl (C=O) groups excluding carboxylic acids is 3. The first-order chi connectivity index (χ1) is 13.5. The van der Waals surface area contributed by atoms with Crippen molar-refractivity contribution in [3.63, 3.8) is 0 Å². The van der Waals surface area contributed by atoms with Crippen molar-refractivity contribution in [1.82, 2.24) is 5.32 Å². The molecule has 1 amide bonds. The zero-order valence-electron chi connectivity index (χ0n) is 15.4. The van der Waals surface area contributed by atoms with E-state index in [0.717, 1.165) is 4.47 Å². The van der Waals surface area contributed by atoms with Crippen LogP contribution in [0.2, 0.25) is 0 Å². The van der Waals surface area contributed by atoms with E-state index in [2.05, 4.69) is 21.2 Å². The van der Waals surface area contributed by atoms with Gasteiger partial charge in [0.15, 0.2) is 5.78 Å². The van der Waals surface area contributed by atoms with Gasteiger partial charge in [0.2, 0.25) is 5.91 Å². The Morgan fingerprint density at radius 2 is 1.57 bits per heavy atom. The van der Waals surface area contributed by atoms with Gasteiger partial charge in [-0.15, -0.1) is 0 Å². The Hall–Kier alpha value is -2.67. The van der Waals surface area contributed by atoms with Crippen LogP contribution in [0.15, 0.2) is 59.1 Å². The van der Waals surface area contributed by atoms with Crippen LogP contribution in [0.4, 0.5) is 0 Å². The minimum absolute atomic E-state index is 0.0661. The van der Waals surface area contributed by atoms with Crippen LogP contribution < -0.4 is 10.1 Å². The molecule has 0 fully saturated rings. The number of amides is 1. The van der Waals surface area contributed by atoms with Gasteiger partial charge in [0.1, 0.15) is 19.0 Å². The van der Waals surface area contributed by atoms with Gasteiger partial charge in [-0.25, -0.2) is 0 Å². The molecule has 0 aliphatic carbocycles. The molecule has 0 saturated carbocycles. The molecule has 0 aliphatic heterocycles. The van der Waals surface area contributed by atoms with E-state index in [1.165, 1.54) is 0 Å². The van der Waals surface area contributed by atoms with Crippen molar-refractivity contribution in [1.29, 1.82) is 0 Å². The number of esters is 1. The molecule has 28 heavy (non-hydrogen) atoms.